The predicted molar refractivity (Wildman–Crippen MR) is 81.0 cm³/mol. The molecule has 0 atom stereocenters. The normalized spacial score (nSPS) is 13.1. The second-order valence-electron chi connectivity index (χ2n) is 5.02. The van der Waals surface area contributed by atoms with E-state index < -0.39 is 0 Å². The number of nitriles is 1. The number of carbonyl (C=O) groups excluding carboxylic acids is 1. The molecule has 4 heteroatoms. The summed E-state index contributed by atoms with van der Waals surface area (Å²) in [6.07, 6.45) is 0.995. The lowest BCUT2D eigenvalue weighted by Crippen LogP contribution is -2.24. The lowest BCUT2D eigenvalue weighted by atomic mass is 9.98. The Morgan fingerprint density at radius 1 is 1.19 bits per heavy atom. The number of carbonyl (C=O) groups is 1. The molecule has 21 heavy (non-hydrogen) atoms. The van der Waals surface area contributed by atoms with Gasteiger partial charge < -0.3 is 10.6 Å². The van der Waals surface area contributed by atoms with E-state index in [0.29, 0.717) is 16.8 Å². The Hall–Kier alpha value is -2.64. The molecular formula is C17H15N3O. The van der Waals surface area contributed by atoms with Crippen LogP contribution in [0.4, 0.5) is 5.69 Å². The maximum Gasteiger partial charge on any atom is 0.255 e. The number of anilines is 1. The number of nitrogens with one attached hydrogen (secondary N) is 2. The Balaban J connectivity index is 1.84. The summed E-state index contributed by atoms with van der Waals surface area (Å²) in [6, 6.07) is 14.9. The van der Waals surface area contributed by atoms with Crippen LogP contribution in [0.1, 0.15) is 27.0 Å². The Morgan fingerprint density at radius 2 is 2.05 bits per heavy atom. The van der Waals surface area contributed by atoms with Crippen molar-refractivity contribution in [3.63, 3.8) is 0 Å². The maximum atomic E-state index is 12.3. The molecule has 1 aliphatic heterocycles. The van der Waals surface area contributed by atoms with Crippen LogP contribution in [0.5, 0.6) is 0 Å². The van der Waals surface area contributed by atoms with Crippen LogP contribution in [-0.2, 0) is 13.0 Å². The molecule has 0 aliphatic carbocycles. The fraction of sp³-hybridized carbons (Fsp3) is 0.176. The van der Waals surface area contributed by atoms with E-state index in [4.69, 9.17) is 5.26 Å². The summed E-state index contributed by atoms with van der Waals surface area (Å²) in [7, 11) is 0. The van der Waals surface area contributed by atoms with Gasteiger partial charge in [-0.3, -0.25) is 4.79 Å². The molecule has 0 bridgehead atoms. The summed E-state index contributed by atoms with van der Waals surface area (Å²) in [5.41, 5.74) is 4.08. The van der Waals surface area contributed by atoms with Gasteiger partial charge in [0.05, 0.1) is 11.3 Å². The molecule has 4 nitrogen and oxygen atoms in total. The van der Waals surface area contributed by atoms with Crippen molar-refractivity contribution in [3.05, 3.63) is 64.7 Å². The minimum absolute atomic E-state index is 0.189. The average Bonchev–Trinajstić information content (AvgIpc) is 2.55. The SMILES string of the molecule is N#Cc1ccccc1NC(=O)c1ccc2c(c1)CNCC2. The number of nitrogens with zero attached hydrogens (tertiary/aromatic N) is 1. The molecular weight excluding hydrogens is 262 g/mol. The monoisotopic (exact) mass is 277 g/mol. The number of rotatable bonds is 2. The van der Waals surface area contributed by atoms with Crippen LogP contribution in [0.2, 0.25) is 0 Å². The van der Waals surface area contributed by atoms with Crippen LogP contribution in [0.3, 0.4) is 0 Å². The fourth-order valence-electron chi connectivity index (χ4n) is 2.51. The zero-order chi connectivity index (χ0) is 14.7. The third-order valence-corrected chi connectivity index (χ3v) is 3.65. The van der Waals surface area contributed by atoms with Crippen LogP contribution in [0, 0.1) is 11.3 Å². The molecule has 0 unspecified atom stereocenters. The van der Waals surface area contributed by atoms with E-state index in [-0.39, 0.29) is 5.91 Å². The van der Waals surface area contributed by atoms with Gasteiger partial charge in [-0.2, -0.15) is 5.26 Å². The number of hydrogen-bond acceptors (Lipinski definition) is 3. The highest BCUT2D eigenvalue weighted by Crippen LogP contribution is 2.18. The summed E-state index contributed by atoms with van der Waals surface area (Å²) in [5, 5.41) is 15.2. The van der Waals surface area contributed by atoms with E-state index in [2.05, 4.69) is 16.7 Å². The minimum atomic E-state index is -0.189. The predicted octanol–water partition coefficient (Wildman–Crippen LogP) is 2.46. The molecule has 1 amide bonds. The molecule has 0 saturated carbocycles. The van der Waals surface area contributed by atoms with Crippen molar-refractivity contribution in [1.82, 2.24) is 5.32 Å². The number of benzene rings is 2. The maximum absolute atomic E-state index is 12.3. The summed E-state index contributed by atoms with van der Waals surface area (Å²) in [6.45, 7) is 1.78. The van der Waals surface area contributed by atoms with Crippen LogP contribution in [-0.4, -0.2) is 12.5 Å². The fourth-order valence-corrected chi connectivity index (χ4v) is 2.51. The molecule has 0 fully saturated rings. The van der Waals surface area contributed by atoms with Gasteiger partial charge in [0.2, 0.25) is 0 Å². The van der Waals surface area contributed by atoms with E-state index in [1.807, 2.05) is 18.2 Å². The van der Waals surface area contributed by atoms with Gasteiger partial charge in [-0.15, -0.1) is 0 Å². The van der Waals surface area contributed by atoms with Gasteiger partial charge in [0.15, 0.2) is 0 Å². The molecule has 3 rings (SSSR count). The number of hydrogen-bond donors (Lipinski definition) is 2. The second-order valence-corrected chi connectivity index (χ2v) is 5.02. The van der Waals surface area contributed by atoms with Gasteiger partial charge in [0.1, 0.15) is 6.07 Å². The number of fused-ring (bicyclic) bond motifs is 1. The van der Waals surface area contributed by atoms with Gasteiger partial charge in [-0.25, -0.2) is 0 Å². The van der Waals surface area contributed by atoms with E-state index in [9.17, 15) is 4.79 Å². The lowest BCUT2D eigenvalue weighted by Gasteiger charge is -2.17. The van der Waals surface area contributed by atoms with Crippen molar-refractivity contribution in [3.8, 4) is 6.07 Å². The summed E-state index contributed by atoms with van der Waals surface area (Å²) in [4.78, 5) is 12.3. The molecule has 104 valence electrons. The van der Waals surface area contributed by atoms with E-state index in [1.54, 1.807) is 24.3 Å². The van der Waals surface area contributed by atoms with Crippen LogP contribution < -0.4 is 10.6 Å². The highest BCUT2D eigenvalue weighted by atomic mass is 16.1. The van der Waals surface area contributed by atoms with Crippen molar-refractivity contribution in [2.45, 2.75) is 13.0 Å². The Bertz CT molecular complexity index is 731. The van der Waals surface area contributed by atoms with Crippen molar-refractivity contribution < 1.29 is 4.79 Å². The van der Waals surface area contributed by atoms with E-state index >= 15 is 0 Å². The molecule has 0 aromatic heterocycles. The van der Waals surface area contributed by atoms with Crippen molar-refractivity contribution in [1.29, 1.82) is 5.26 Å². The summed E-state index contributed by atoms with van der Waals surface area (Å²) < 4.78 is 0. The smallest absolute Gasteiger partial charge is 0.255 e. The molecule has 0 spiro atoms. The molecule has 1 heterocycles. The topological polar surface area (TPSA) is 64.9 Å². The Morgan fingerprint density at radius 3 is 2.90 bits per heavy atom. The van der Waals surface area contributed by atoms with Crippen molar-refractivity contribution in [2.24, 2.45) is 0 Å². The van der Waals surface area contributed by atoms with Crippen molar-refractivity contribution >= 4 is 11.6 Å². The first-order valence-corrected chi connectivity index (χ1v) is 6.91. The zero-order valence-corrected chi connectivity index (χ0v) is 11.5. The molecule has 2 aromatic rings. The Labute approximate surface area is 123 Å². The Kier molecular flexibility index (Phi) is 3.67. The van der Waals surface area contributed by atoms with Gasteiger partial charge in [0, 0.05) is 12.1 Å². The van der Waals surface area contributed by atoms with Crippen LogP contribution >= 0.6 is 0 Å². The van der Waals surface area contributed by atoms with Gasteiger partial charge in [-0.05, 0) is 48.4 Å². The number of para-hydroxylation sites is 1. The second kappa shape index (κ2) is 5.78. The molecule has 0 saturated heterocycles. The molecule has 1 aliphatic rings. The minimum Gasteiger partial charge on any atom is -0.321 e. The molecule has 0 radical (unpaired) electrons. The standard InChI is InChI=1S/C17H15N3O/c18-10-14-3-1-2-4-16(14)20-17(21)13-6-5-12-7-8-19-11-15(12)9-13/h1-6,9,19H,7-8,11H2,(H,20,21). The van der Waals surface area contributed by atoms with E-state index in [0.717, 1.165) is 19.5 Å². The highest BCUT2D eigenvalue weighted by molar-refractivity contribution is 6.05. The molecule has 2 aromatic carbocycles. The van der Waals surface area contributed by atoms with Gasteiger partial charge >= 0.3 is 0 Å². The third-order valence-electron chi connectivity index (χ3n) is 3.65. The summed E-state index contributed by atoms with van der Waals surface area (Å²) >= 11 is 0. The lowest BCUT2D eigenvalue weighted by molar-refractivity contribution is 0.102. The third kappa shape index (κ3) is 2.78. The average molecular weight is 277 g/mol. The van der Waals surface area contributed by atoms with Crippen molar-refractivity contribution in [2.75, 3.05) is 11.9 Å². The van der Waals surface area contributed by atoms with Crippen LogP contribution in [0.15, 0.2) is 42.5 Å². The van der Waals surface area contributed by atoms with E-state index in [1.165, 1.54) is 11.1 Å². The summed E-state index contributed by atoms with van der Waals surface area (Å²) in [5.74, 6) is -0.189. The van der Waals surface area contributed by atoms with Crippen LogP contribution in [0.25, 0.3) is 0 Å². The quantitative estimate of drug-likeness (QED) is 0.886. The molecule has 2 N–H and O–H groups in total. The number of amides is 1. The first-order valence-electron chi connectivity index (χ1n) is 6.91. The first-order chi connectivity index (χ1) is 10.3. The largest absolute Gasteiger partial charge is 0.321 e. The first kappa shape index (κ1) is 13.3. The van der Waals surface area contributed by atoms with Gasteiger partial charge in [0.25, 0.3) is 5.91 Å². The zero-order valence-electron chi connectivity index (χ0n) is 11.5. The van der Waals surface area contributed by atoms with Gasteiger partial charge in [-0.1, -0.05) is 18.2 Å². The highest BCUT2D eigenvalue weighted by Gasteiger charge is 2.13.